The third-order valence-electron chi connectivity index (χ3n) is 6.60. The topological polar surface area (TPSA) is 139 Å². The fourth-order valence-electron chi connectivity index (χ4n) is 4.48. The number of likely N-dealkylation sites (tertiary alicyclic amines) is 1. The lowest BCUT2D eigenvalue weighted by atomic mass is 9.83. The molecule has 1 fully saturated rings. The number of aryl methyl sites for hydroxylation is 1. The highest BCUT2D eigenvalue weighted by molar-refractivity contribution is 7.09. The number of halogens is 1. The van der Waals surface area contributed by atoms with Gasteiger partial charge in [0.05, 0.1) is 30.3 Å². The van der Waals surface area contributed by atoms with Crippen molar-refractivity contribution in [2.24, 2.45) is 5.73 Å². The first-order chi connectivity index (χ1) is 17.8. The van der Waals surface area contributed by atoms with Crippen molar-refractivity contribution in [3.05, 3.63) is 52.0 Å². The van der Waals surface area contributed by atoms with Gasteiger partial charge in [-0.1, -0.05) is 31.2 Å². The zero-order valence-electron chi connectivity index (χ0n) is 20.6. The molecule has 1 aliphatic rings. The number of alkyl halides is 1. The lowest BCUT2D eigenvalue weighted by Crippen LogP contribution is -2.54. The number of benzene rings is 1. The number of anilines is 1. The molecule has 0 radical (unpaired) electrons. The quantitative estimate of drug-likeness (QED) is 0.457. The summed E-state index contributed by atoms with van der Waals surface area (Å²) in [4.78, 5) is 30.2. The molecule has 3 N–H and O–H groups in total. The summed E-state index contributed by atoms with van der Waals surface area (Å²) in [6, 6.07) is 10.1. The smallest absolute Gasteiger partial charge is 0.412 e. The maximum absolute atomic E-state index is 15.8. The minimum atomic E-state index is -1.46. The number of nitrogens with one attached hydrogen (secondary N) is 1. The van der Waals surface area contributed by atoms with E-state index in [-0.39, 0.29) is 30.8 Å². The van der Waals surface area contributed by atoms with Gasteiger partial charge in [-0.25, -0.2) is 14.2 Å². The Kier molecular flexibility index (Phi) is 7.85. The number of hydrogen-bond acceptors (Lipinski definition) is 8. The third-order valence-corrected chi connectivity index (χ3v) is 7.59. The summed E-state index contributed by atoms with van der Waals surface area (Å²) in [7, 11) is 1.16. The van der Waals surface area contributed by atoms with Gasteiger partial charge in [-0.2, -0.15) is 10.4 Å². The molecule has 37 heavy (non-hydrogen) atoms. The van der Waals surface area contributed by atoms with E-state index in [1.165, 1.54) is 10.9 Å². The highest BCUT2D eigenvalue weighted by atomic mass is 32.1. The lowest BCUT2D eigenvalue weighted by Gasteiger charge is -2.43. The zero-order valence-corrected chi connectivity index (χ0v) is 21.4. The molecule has 0 bridgehead atoms. The van der Waals surface area contributed by atoms with Gasteiger partial charge in [-0.3, -0.25) is 19.7 Å². The summed E-state index contributed by atoms with van der Waals surface area (Å²) in [6.07, 6.45) is -0.0122. The first-order valence-corrected chi connectivity index (χ1v) is 12.7. The van der Waals surface area contributed by atoms with Crippen LogP contribution in [0.3, 0.4) is 0 Å². The molecule has 2 aromatic heterocycles. The standard InChI is InChI=1S/C25H28FN7O3S/c1-3-21-29-19(15-37-21)17-6-4-16(5-7-17)12-32-11-9-25(8-10-27,20(26)14-32)33-13-18(22(28)34)23(31-33)30-24(35)36-2/h4-7,13,15,20H,3,8-9,11-12,14H2,1-2H3,(H2,28,34)(H,30,31,35). The van der Waals surface area contributed by atoms with Crippen molar-refractivity contribution in [3.63, 3.8) is 0 Å². The number of nitriles is 1. The molecule has 0 spiro atoms. The van der Waals surface area contributed by atoms with Crippen molar-refractivity contribution < 1.29 is 18.7 Å². The predicted octanol–water partition coefficient (Wildman–Crippen LogP) is 3.70. The molecule has 1 aliphatic heterocycles. The molecule has 194 valence electrons. The average Bonchev–Trinajstić information content (AvgIpc) is 3.54. The van der Waals surface area contributed by atoms with Crippen molar-refractivity contribution in [2.45, 2.75) is 44.4 Å². The van der Waals surface area contributed by atoms with Gasteiger partial charge >= 0.3 is 6.09 Å². The number of nitrogens with zero attached hydrogens (tertiary/aromatic N) is 5. The monoisotopic (exact) mass is 525 g/mol. The number of rotatable bonds is 8. The Labute approximate surface area is 217 Å². The molecule has 2 atom stereocenters. The second kappa shape index (κ2) is 11.1. The van der Waals surface area contributed by atoms with Crippen molar-refractivity contribution in [3.8, 4) is 17.3 Å². The van der Waals surface area contributed by atoms with E-state index < -0.39 is 23.7 Å². The number of ether oxygens (including phenoxy) is 1. The van der Waals surface area contributed by atoms with Crippen molar-refractivity contribution >= 4 is 29.2 Å². The fourth-order valence-corrected chi connectivity index (χ4v) is 5.24. The molecule has 3 aromatic rings. The number of methoxy groups -OCH3 is 1. The predicted molar refractivity (Wildman–Crippen MR) is 137 cm³/mol. The van der Waals surface area contributed by atoms with Gasteiger partial charge in [0.25, 0.3) is 5.91 Å². The molecule has 12 heteroatoms. The summed E-state index contributed by atoms with van der Waals surface area (Å²) >= 11 is 1.64. The Morgan fingerprint density at radius 3 is 2.73 bits per heavy atom. The zero-order chi connectivity index (χ0) is 26.6. The number of carbonyl (C=O) groups is 2. The lowest BCUT2D eigenvalue weighted by molar-refractivity contribution is 0.00694. The van der Waals surface area contributed by atoms with E-state index in [4.69, 9.17) is 5.73 Å². The summed E-state index contributed by atoms with van der Waals surface area (Å²) in [6.45, 7) is 3.19. The number of hydrogen-bond donors (Lipinski definition) is 2. The summed E-state index contributed by atoms with van der Waals surface area (Å²) < 4.78 is 21.7. The highest BCUT2D eigenvalue weighted by Crippen LogP contribution is 2.37. The van der Waals surface area contributed by atoms with Crippen LogP contribution in [-0.4, -0.2) is 58.0 Å². The van der Waals surface area contributed by atoms with Crippen LogP contribution in [0.25, 0.3) is 11.3 Å². The molecule has 0 aliphatic carbocycles. The molecular weight excluding hydrogens is 497 g/mol. The summed E-state index contributed by atoms with van der Waals surface area (Å²) in [5, 5.41) is 19.2. The van der Waals surface area contributed by atoms with Gasteiger partial charge in [0, 0.05) is 36.8 Å². The van der Waals surface area contributed by atoms with Crippen LogP contribution in [0.2, 0.25) is 0 Å². The van der Waals surface area contributed by atoms with Crippen LogP contribution < -0.4 is 11.1 Å². The minimum absolute atomic E-state index is 0.0703. The largest absolute Gasteiger partial charge is 0.453 e. The number of piperidine rings is 1. The first kappa shape index (κ1) is 26.2. The Morgan fingerprint density at radius 2 is 2.14 bits per heavy atom. The fraction of sp³-hybridized carbons (Fsp3) is 0.400. The number of amides is 2. The van der Waals surface area contributed by atoms with E-state index in [1.807, 2.05) is 34.5 Å². The molecule has 1 saturated heterocycles. The molecule has 2 amide bonds. The summed E-state index contributed by atoms with van der Waals surface area (Å²) in [5.41, 5.74) is 7.06. The van der Waals surface area contributed by atoms with Gasteiger partial charge in [0.15, 0.2) is 5.82 Å². The normalized spacial score (nSPS) is 19.8. The van der Waals surface area contributed by atoms with Crippen molar-refractivity contribution in [2.75, 3.05) is 25.5 Å². The SMILES string of the molecule is CCc1nc(-c2ccc(CN3CCC(CC#N)(n4cc(C(N)=O)c(NC(=O)OC)n4)C(F)C3)cc2)cs1. The Hall–Kier alpha value is -3.82. The molecule has 3 heterocycles. The van der Waals surface area contributed by atoms with E-state index in [9.17, 15) is 14.9 Å². The van der Waals surface area contributed by atoms with Crippen LogP contribution in [-0.2, 0) is 23.2 Å². The summed E-state index contributed by atoms with van der Waals surface area (Å²) in [5.74, 6) is -0.984. The molecule has 2 unspecified atom stereocenters. The third kappa shape index (κ3) is 5.47. The van der Waals surface area contributed by atoms with Gasteiger partial charge < -0.3 is 10.5 Å². The van der Waals surface area contributed by atoms with Crippen LogP contribution >= 0.6 is 11.3 Å². The van der Waals surface area contributed by atoms with Crippen LogP contribution in [0.1, 0.15) is 40.7 Å². The van der Waals surface area contributed by atoms with Crippen LogP contribution in [0.15, 0.2) is 35.8 Å². The Balaban J connectivity index is 1.50. The number of carbonyl (C=O) groups excluding carboxylic acids is 2. The van der Waals surface area contributed by atoms with Crippen LogP contribution in [0.5, 0.6) is 0 Å². The van der Waals surface area contributed by atoms with Gasteiger partial charge in [-0.15, -0.1) is 11.3 Å². The highest BCUT2D eigenvalue weighted by Gasteiger charge is 2.46. The van der Waals surface area contributed by atoms with E-state index in [0.29, 0.717) is 13.1 Å². The Morgan fingerprint density at radius 1 is 1.38 bits per heavy atom. The van der Waals surface area contributed by atoms with E-state index >= 15 is 4.39 Å². The maximum atomic E-state index is 15.8. The Bertz CT molecular complexity index is 1320. The van der Waals surface area contributed by atoms with Crippen LogP contribution in [0, 0.1) is 11.3 Å². The average molecular weight is 526 g/mol. The van der Waals surface area contributed by atoms with Gasteiger partial charge in [0.1, 0.15) is 17.3 Å². The molecule has 1 aromatic carbocycles. The van der Waals surface area contributed by atoms with Crippen molar-refractivity contribution in [1.82, 2.24) is 19.7 Å². The maximum Gasteiger partial charge on any atom is 0.412 e. The van der Waals surface area contributed by atoms with Gasteiger partial charge in [0.2, 0.25) is 0 Å². The van der Waals surface area contributed by atoms with Crippen LogP contribution in [0.4, 0.5) is 15.0 Å². The first-order valence-electron chi connectivity index (χ1n) is 11.8. The molecular formula is C25H28FN7O3S. The van der Waals surface area contributed by atoms with Crippen molar-refractivity contribution in [1.29, 1.82) is 5.26 Å². The molecule has 0 saturated carbocycles. The molecule has 10 nitrogen and oxygen atoms in total. The van der Waals surface area contributed by atoms with E-state index in [0.717, 1.165) is 35.4 Å². The number of nitrogens with two attached hydrogens (primary N) is 1. The second-order valence-electron chi connectivity index (χ2n) is 8.88. The van der Waals surface area contributed by atoms with E-state index in [2.05, 4.69) is 33.1 Å². The minimum Gasteiger partial charge on any atom is -0.453 e. The van der Waals surface area contributed by atoms with E-state index in [1.54, 1.807) is 11.3 Å². The number of thiazole rings is 1. The van der Waals surface area contributed by atoms with Gasteiger partial charge in [-0.05, 0) is 18.4 Å². The second-order valence-corrected chi connectivity index (χ2v) is 9.83. The molecule has 4 rings (SSSR count). The number of primary amides is 1. The number of aromatic nitrogens is 3.